The Balaban J connectivity index is 2.16. The van der Waals surface area contributed by atoms with Crippen LogP contribution in [0.15, 0.2) is 24.3 Å². The van der Waals surface area contributed by atoms with Crippen LogP contribution in [0.2, 0.25) is 5.02 Å². The van der Waals surface area contributed by atoms with Gasteiger partial charge in [-0.2, -0.15) is 0 Å². The summed E-state index contributed by atoms with van der Waals surface area (Å²) < 4.78 is 0. The molecule has 2 N–H and O–H groups in total. The third-order valence-electron chi connectivity index (χ3n) is 4.50. The summed E-state index contributed by atoms with van der Waals surface area (Å²) in [7, 11) is 0. The molecule has 1 nitrogen and oxygen atoms in total. The van der Waals surface area contributed by atoms with Crippen molar-refractivity contribution in [2.24, 2.45) is 17.6 Å². The van der Waals surface area contributed by atoms with Crippen LogP contribution in [0.4, 0.5) is 0 Å². The fourth-order valence-corrected chi connectivity index (χ4v) is 3.34. The van der Waals surface area contributed by atoms with Gasteiger partial charge in [0.25, 0.3) is 0 Å². The maximum absolute atomic E-state index is 6.65. The van der Waals surface area contributed by atoms with Crippen LogP contribution in [0.1, 0.15) is 51.5 Å². The first-order chi connectivity index (χ1) is 8.51. The second-order valence-electron chi connectivity index (χ2n) is 6.10. The molecule has 1 fully saturated rings. The average Bonchev–Trinajstić information content (AvgIpc) is 2.52. The van der Waals surface area contributed by atoms with Crippen molar-refractivity contribution in [3.05, 3.63) is 34.9 Å². The first-order valence-electron chi connectivity index (χ1n) is 7.06. The molecule has 0 spiro atoms. The SMILES string of the molecule is CC(C)C1CCCC(N)(c2cccc(Cl)c2)CC1. The Morgan fingerprint density at radius 2 is 2.06 bits per heavy atom. The maximum atomic E-state index is 6.65. The van der Waals surface area contributed by atoms with Crippen LogP contribution in [0.5, 0.6) is 0 Å². The summed E-state index contributed by atoms with van der Waals surface area (Å²) in [5.41, 5.74) is 7.69. The Morgan fingerprint density at radius 3 is 2.72 bits per heavy atom. The second-order valence-corrected chi connectivity index (χ2v) is 6.54. The highest BCUT2D eigenvalue weighted by molar-refractivity contribution is 6.30. The van der Waals surface area contributed by atoms with Crippen LogP contribution in [-0.2, 0) is 5.54 Å². The highest BCUT2D eigenvalue weighted by atomic mass is 35.5. The van der Waals surface area contributed by atoms with E-state index in [1.807, 2.05) is 18.2 Å². The predicted molar refractivity (Wildman–Crippen MR) is 78.7 cm³/mol. The van der Waals surface area contributed by atoms with Crippen molar-refractivity contribution in [2.45, 2.75) is 51.5 Å². The molecule has 0 aliphatic heterocycles. The Morgan fingerprint density at radius 1 is 1.28 bits per heavy atom. The molecule has 2 rings (SSSR count). The van der Waals surface area contributed by atoms with Gasteiger partial charge in [0.1, 0.15) is 0 Å². The van der Waals surface area contributed by atoms with E-state index >= 15 is 0 Å². The molecule has 2 unspecified atom stereocenters. The van der Waals surface area contributed by atoms with E-state index in [1.165, 1.54) is 24.8 Å². The molecule has 1 aromatic rings. The van der Waals surface area contributed by atoms with Crippen molar-refractivity contribution in [1.29, 1.82) is 0 Å². The molecular formula is C16H24ClN. The lowest BCUT2D eigenvalue weighted by atomic mass is 9.82. The van der Waals surface area contributed by atoms with Gasteiger partial charge in [-0.25, -0.2) is 0 Å². The first kappa shape index (κ1) is 13.9. The van der Waals surface area contributed by atoms with E-state index in [9.17, 15) is 0 Å². The van der Waals surface area contributed by atoms with Gasteiger partial charge in [-0.15, -0.1) is 0 Å². The third-order valence-corrected chi connectivity index (χ3v) is 4.74. The van der Waals surface area contributed by atoms with E-state index in [0.717, 1.165) is 29.7 Å². The molecule has 1 saturated carbocycles. The van der Waals surface area contributed by atoms with E-state index < -0.39 is 0 Å². The van der Waals surface area contributed by atoms with Crippen molar-refractivity contribution >= 4 is 11.6 Å². The number of rotatable bonds is 2. The second kappa shape index (κ2) is 5.63. The summed E-state index contributed by atoms with van der Waals surface area (Å²) in [5.74, 6) is 1.60. The van der Waals surface area contributed by atoms with Gasteiger partial charge in [-0.3, -0.25) is 0 Å². The van der Waals surface area contributed by atoms with Gasteiger partial charge >= 0.3 is 0 Å². The molecule has 0 bridgehead atoms. The van der Waals surface area contributed by atoms with Crippen molar-refractivity contribution in [2.75, 3.05) is 0 Å². The Kier molecular flexibility index (Phi) is 4.34. The minimum atomic E-state index is -0.172. The summed E-state index contributed by atoms with van der Waals surface area (Å²) >= 11 is 6.09. The lowest BCUT2D eigenvalue weighted by molar-refractivity contribution is 0.325. The van der Waals surface area contributed by atoms with Crippen LogP contribution in [0.25, 0.3) is 0 Å². The number of hydrogen-bond donors (Lipinski definition) is 1. The van der Waals surface area contributed by atoms with Gasteiger partial charge in [0, 0.05) is 10.6 Å². The molecule has 0 aromatic heterocycles. The quantitative estimate of drug-likeness (QED) is 0.769. The van der Waals surface area contributed by atoms with Gasteiger partial charge in [-0.1, -0.05) is 50.4 Å². The smallest absolute Gasteiger partial charge is 0.0410 e. The van der Waals surface area contributed by atoms with E-state index in [2.05, 4.69) is 19.9 Å². The normalized spacial score (nSPS) is 29.3. The van der Waals surface area contributed by atoms with Crippen molar-refractivity contribution in [3.63, 3.8) is 0 Å². The molecule has 1 aliphatic rings. The Hall–Kier alpha value is -0.530. The van der Waals surface area contributed by atoms with Crippen molar-refractivity contribution in [3.8, 4) is 0 Å². The number of benzene rings is 1. The maximum Gasteiger partial charge on any atom is 0.0410 e. The molecule has 2 heteroatoms. The Bertz CT molecular complexity index is 402. The molecule has 100 valence electrons. The highest BCUT2D eigenvalue weighted by Gasteiger charge is 2.31. The molecule has 0 radical (unpaired) electrons. The number of halogens is 1. The lowest BCUT2D eigenvalue weighted by Crippen LogP contribution is -2.36. The predicted octanol–water partition coefficient (Wildman–Crippen LogP) is 4.73. The molecular weight excluding hydrogens is 242 g/mol. The molecule has 2 atom stereocenters. The first-order valence-corrected chi connectivity index (χ1v) is 7.44. The fourth-order valence-electron chi connectivity index (χ4n) is 3.15. The third kappa shape index (κ3) is 3.07. The molecule has 1 aromatic carbocycles. The van der Waals surface area contributed by atoms with Gasteiger partial charge < -0.3 is 5.73 Å². The van der Waals surface area contributed by atoms with Crippen LogP contribution in [0, 0.1) is 11.8 Å². The zero-order chi connectivity index (χ0) is 13.2. The summed E-state index contributed by atoms with van der Waals surface area (Å²) in [6.07, 6.45) is 5.94. The van der Waals surface area contributed by atoms with Crippen LogP contribution in [0.3, 0.4) is 0 Å². The van der Waals surface area contributed by atoms with Crippen molar-refractivity contribution in [1.82, 2.24) is 0 Å². The number of nitrogens with two attached hydrogens (primary N) is 1. The van der Waals surface area contributed by atoms with Crippen LogP contribution >= 0.6 is 11.6 Å². The average molecular weight is 266 g/mol. The topological polar surface area (TPSA) is 26.0 Å². The minimum absolute atomic E-state index is 0.172. The van der Waals surface area contributed by atoms with Crippen molar-refractivity contribution < 1.29 is 0 Å². The van der Waals surface area contributed by atoms with E-state index in [4.69, 9.17) is 17.3 Å². The highest BCUT2D eigenvalue weighted by Crippen LogP contribution is 2.38. The zero-order valence-corrected chi connectivity index (χ0v) is 12.2. The fraction of sp³-hybridized carbons (Fsp3) is 0.625. The van der Waals surface area contributed by atoms with Gasteiger partial charge in [0.2, 0.25) is 0 Å². The van der Waals surface area contributed by atoms with E-state index in [0.29, 0.717) is 0 Å². The molecule has 0 heterocycles. The summed E-state index contributed by atoms with van der Waals surface area (Å²) in [5, 5.41) is 0.794. The molecule has 18 heavy (non-hydrogen) atoms. The molecule has 0 saturated heterocycles. The largest absolute Gasteiger partial charge is 0.321 e. The summed E-state index contributed by atoms with van der Waals surface area (Å²) in [4.78, 5) is 0. The lowest BCUT2D eigenvalue weighted by Gasteiger charge is -2.29. The van der Waals surface area contributed by atoms with Crippen LogP contribution in [-0.4, -0.2) is 0 Å². The monoisotopic (exact) mass is 265 g/mol. The number of hydrogen-bond acceptors (Lipinski definition) is 1. The Labute approximate surface area is 116 Å². The van der Waals surface area contributed by atoms with E-state index in [1.54, 1.807) is 0 Å². The van der Waals surface area contributed by atoms with Gasteiger partial charge in [0.15, 0.2) is 0 Å². The van der Waals surface area contributed by atoms with Gasteiger partial charge in [0.05, 0.1) is 0 Å². The molecule has 1 aliphatic carbocycles. The molecule has 0 amide bonds. The van der Waals surface area contributed by atoms with E-state index in [-0.39, 0.29) is 5.54 Å². The summed E-state index contributed by atoms with van der Waals surface area (Å²) in [6.45, 7) is 4.65. The zero-order valence-electron chi connectivity index (χ0n) is 11.5. The minimum Gasteiger partial charge on any atom is -0.321 e. The van der Waals surface area contributed by atoms with Crippen LogP contribution < -0.4 is 5.73 Å². The summed E-state index contributed by atoms with van der Waals surface area (Å²) in [6, 6.07) is 8.10. The van der Waals surface area contributed by atoms with Gasteiger partial charge in [-0.05, 0) is 48.8 Å². The standard InChI is InChI=1S/C16H24ClN/c1-12(2)13-5-4-9-16(18,10-8-13)14-6-3-7-15(17)11-14/h3,6-7,11-13H,4-5,8-10,18H2,1-2H3.